The number of aromatic nitrogens is 2. The van der Waals surface area contributed by atoms with Crippen molar-refractivity contribution in [2.24, 2.45) is 0 Å². The Balaban J connectivity index is 1.68. The van der Waals surface area contributed by atoms with Gasteiger partial charge >= 0.3 is 0 Å². The molecule has 1 atom stereocenters. The summed E-state index contributed by atoms with van der Waals surface area (Å²) < 4.78 is 18.6. The molecule has 7 heteroatoms. The monoisotopic (exact) mass is 341 g/mol. The maximum Gasteiger partial charge on any atom is 0.269 e. The lowest BCUT2D eigenvalue weighted by Gasteiger charge is -2.15. The summed E-state index contributed by atoms with van der Waals surface area (Å²) in [5.41, 5.74) is 0.552. The Hall–Kier alpha value is -3.22. The molecule has 3 aromatic rings. The summed E-state index contributed by atoms with van der Waals surface area (Å²) in [6, 6.07) is 9.81. The van der Waals surface area contributed by atoms with Gasteiger partial charge in [-0.15, -0.1) is 0 Å². The van der Waals surface area contributed by atoms with Gasteiger partial charge < -0.3 is 14.7 Å². The van der Waals surface area contributed by atoms with Gasteiger partial charge in [0.2, 0.25) is 0 Å². The molecule has 1 amide bonds. The maximum absolute atomic E-state index is 13.2. The number of rotatable bonds is 6. The summed E-state index contributed by atoms with van der Waals surface area (Å²) in [7, 11) is 0. The molecule has 0 saturated carbocycles. The van der Waals surface area contributed by atoms with Gasteiger partial charge in [0.25, 0.3) is 11.5 Å². The number of hydrogen-bond acceptors (Lipinski definition) is 4. The molecule has 0 aliphatic carbocycles. The second-order valence-electron chi connectivity index (χ2n) is 5.47. The Labute approximate surface area is 142 Å². The lowest BCUT2D eigenvalue weighted by Crippen LogP contribution is -2.28. The van der Waals surface area contributed by atoms with E-state index in [1.807, 2.05) is 6.07 Å². The van der Waals surface area contributed by atoms with E-state index in [4.69, 9.17) is 4.42 Å². The molecule has 6 nitrogen and oxygen atoms in total. The van der Waals surface area contributed by atoms with Crippen molar-refractivity contribution in [2.75, 3.05) is 6.54 Å². The lowest BCUT2D eigenvalue weighted by atomic mass is 9.93. The minimum Gasteiger partial charge on any atom is -0.469 e. The van der Waals surface area contributed by atoms with E-state index in [0.717, 1.165) is 17.5 Å². The second kappa shape index (κ2) is 7.57. The van der Waals surface area contributed by atoms with Crippen molar-refractivity contribution < 1.29 is 13.6 Å². The summed E-state index contributed by atoms with van der Waals surface area (Å²) in [5.74, 6) is -0.113. The number of furan rings is 1. The number of carbonyl (C=O) groups excluding carboxylic acids is 1. The zero-order valence-corrected chi connectivity index (χ0v) is 13.2. The van der Waals surface area contributed by atoms with Crippen LogP contribution >= 0.6 is 0 Å². The van der Waals surface area contributed by atoms with Gasteiger partial charge in [0.1, 0.15) is 17.3 Å². The van der Waals surface area contributed by atoms with Crippen LogP contribution in [-0.4, -0.2) is 22.4 Å². The minimum absolute atomic E-state index is 0.101. The maximum atomic E-state index is 13.2. The number of H-pyrrole nitrogens is 1. The Morgan fingerprint density at radius 1 is 1.24 bits per heavy atom. The molecular weight excluding hydrogens is 325 g/mol. The first-order valence-electron chi connectivity index (χ1n) is 7.75. The lowest BCUT2D eigenvalue weighted by molar-refractivity contribution is 0.0947. The van der Waals surface area contributed by atoms with Crippen LogP contribution in [0.3, 0.4) is 0 Å². The van der Waals surface area contributed by atoms with Gasteiger partial charge in [-0.05, 0) is 36.2 Å². The van der Waals surface area contributed by atoms with E-state index in [1.54, 1.807) is 24.5 Å². The van der Waals surface area contributed by atoms with Gasteiger partial charge in [-0.1, -0.05) is 12.1 Å². The molecule has 0 unspecified atom stereocenters. The van der Waals surface area contributed by atoms with Crippen LogP contribution in [0, 0.1) is 5.82 Å². The standard InChI is InChI=1S/C18H16FN3O3/c19-13-5-3-12(4-6-13)14(16-2-1-9-25-16)7-8-21-18(24)15-10-20-11-17(23)22-15/h1-6,9-11,14H,7-8H2,(H,21,24)(H,22,23)/t14-/m0/s1. The molecule has 128 valence electrons. The number of nitrogens with one attached hydrogen (secondary N) is 2. The zero-order valence-electron chi connectivity index (χ0n) is 13.2. The van der Waals surface area contributed by atoms with Crippen molar-refractivity contribution in [1.29, 1.82) is 0 Å². The molecular formula is C18H16FN3O3. The fourth-order valence-electron chi connectivity index (χ4n) is 2.58. The van der Waals surface area contributed by atoms with Crippen molar-refractivity contribution in [3.63, 3.8) is 0 Å². The molecule has 2 N–H and O–H groups in total. The predicted molar refractivity (Wildman–Crippen MR) is 88.8 cm³/mol. The normalized spacial score (nSPS) is 11.9. The summed E-state index contributed by atoms with van der Waals surface area (Å²) in [4.78, 5) is 29.4. The van der Waals surface area contributed by atoms with E-state index >= 15 is 0 Å². The zero-order chi connectivity index (χ0) is 17.6. The van der Waals surface area contributed by atoms with Gasteiger partial charge in [-0.25, -0.2) is 4.39 Å². The van der Waals surface area contributed by atoms with Crippen molar-refractivity contribution >= 4 is 5.91 Å². The average Bonchev–Trinajstić information content (AvgIpc) is 3.14. The Morgan fingerprint density at radius 2 is 2.04 bits per heavy atom. The topological polar surface area (TPSA) is 88.0 Å². The van der Waals surface area contributed by atoms with Crippen molar-refractivity contribution in [2.45, 2.75) is 12.3 Å². The van der Waals surface area contributed by atoms with Crippen LogP contribution < -0.4 is 10.9 Å². The van der Waals surface area contributed by atoms with E-state index in [2.05, 4.69) is 15.3 Å². The summed E-state index contributed by atoms with van der Waals surface area (Å²) in [5, 5.41) is 2.73. The summed E-state index contributed by atoms with van der Waals surface area (Å²) >= 11 is 0. The minimum atomic E-state index is -0.438. The number of nitrogens with zero attached hydrogens (tertiary/aromatic N) is 1. The van der Waals surface area contributed by atoms with Crippen LogP contribution in [0.25, 0.3) is 0 Å². The molecule has 0 spiro atoms. The van der Waals surface area contributed by atoms with Gasteiger partial charge in [0, 0.05) is 12.5 Å². The first-order valence-corrected chi connectivity index (χ1v) is 7.75. The fraction of sp³-hybridized carbons (Fsp3) is 0.167. The third-order valence-corrected chi connectivity index (χ3v) is 3.78. The number of halogens is 1. The number of hydrogen-bond donors (Lipinski definition) is 2. The van der Waals surface area contributed by atoms with Gasteiger partial charge in [-0.3, -0.25) is 14.6 Å². The van der Waals surface area contributed by atoms with Crippen LogP contribution in [0.2, 0.25) is 0 Å². The molecule has 2 aromatic heterocycles. The summed E-state index contributed by atoms with van der Waals surface area (Å²) in [6.45, 7) is 0.346. The van der Waals surface area contributed by atoms with Crippen LogP contribution in [-0.2, 0) is 0 Å². The van der Waals surface area contributed by atoms with Crippen molar-refractivity contribution in [3.8, 4) is 0 Å². The molecule has 2 heterocycles. The van der Waals surface area contributed by atoms with E-state index in [9.17, 15) is 14.0 Å². The highest BCUT2D eigenvalue weighted by Crippen LogP contribution is 2.28. The highest BCUT2D eigenvalue weighted by atomic mass is 19.1. The Bertz CT molecular complexity index is 888. The van der Waals surface area contributed by atoms with E-state index < -0.39 is 11.5 Å². The molecule has 0 bridgehead atoms. The smallest absolute Gasteiger partial charge is 0.269 e. The van der Waals surface area contributed by atoms with E-state index in [0.29, 0.717) is 13.0 Å². The molecule has 0 aliphatic rings. The largest absolute Gasteiger partial charge is 0.469 e. The van der Waals surface area contributed by atoms with Crippen molar-refractivity contribution in [3.05, 3.63) is 88.2 Å². The van der Waals surface area contributed by atoms with Crippen LogP contribution in [0.4, 0.5) is 4.39 Å². The van der Waals surface area contributed by atoms with Gasteiger partial charge in [0.15, 0.2) is 0 Å². The molecule has 0 fully saturated rings. The number of benzene rings is 1. The van der Waals surface area contributed by atoms with Gasteiger partial charge in [-0.2, -0.15) is 0 Å². The molecule has 0 aliphatic heterocycles. The highest BCUT2D eigenvalue weighted by molar-refractivity contribution is 5.91. The fourth-order valence-corrected chi connectivity index (χ4v) is 2.58. The third-order valence-electron chi connectivity index (χ3n) is 3.78. The van der Waals surface area contributed by atoms with E-state index in [1.165, 1.54) is 18.3 Å². The quantitative estimate of drug-likeness (QED) is 0.721. The average molecular weight is 341 g/mol. The molecule has 3 rings (SSSR count). The van der Waals surface area contributed by atoms with Crippen LogP contribution in [0.15, 0.2) is 64.3 Å². The van der Waals surface area contributed by atoms with E-state index in [-0.39, 0.29) is 17.4 Å². The molecule has 0 saturated heterocycles. The first kappa shape index (κ1) is 16.6. The number of amides is 1. The predicted octanol–water partition coefficient (Wildman–Crippen LogP) is 2.45. The summed E-state index contributed by atoms with van der Waals surface area (Å²) in [6.07, 6.45) is 4.51. The van der Waals surface area contributed by atoms with Crippen LogP contribution in [0.1, 0.15) is 34.2 Å². The van der Waals surface area contributed by atoms with Crippen LogP contribution in [0.5, 0.6) is 0 Å². The molecule has 1 aromatic carbocycles. The number of aromatic amines is 1. The van der Waals surface area contributed by atoms with Gasteiger partial charge in [0.05, 0.1) is 18.7 Å². The third kappa shape index (κ3) is 4.20. The Kier molecular flexibility index (Phi) is 5.03. The first-order chi connectivity index (χ1) is 12.1. The molecule has 0 radical (unpaired) electrons. The van der Waals surface area contributed by atoms with Crippen molar-refractivity contribution in [1.82, 2.24) is 15.3 Å². The molecule has 25 heavy (non-hydrogen) atoms. The highest BCUT2D eigenvalue weighted by Gasteiger charge is 2.17. The second-order valence-corrected chi connectivity index (χ2v) is 5.47. The Morgan fingerprint density at radius 3 is 2.72 bits per heavy atom. The number of carbonyl (C=O) groups is 1. The SMILES string of the molecule is O=C(NCC[C@@H](c1ccc(F)cc1)c1ccco1)c1cncc(=O)[nH]1.